The minimum absolute atomic E-state index is 0.340. The van der Waals surface area contributed by atoms with Gasteiger partial charge in [0, 0.05) is 0 Å². The van der Waals surface area contributed by atoms with Crippen LogP contribution < -0.4 is 0 Å². The molecule has 0 aromatic rings. The molecule has 3 rings (SSSR count). The fraction of sp³-hybridized carbons (Fsp3) is 0.875. The van der Waals surface area contributed by atoms with E-state index in [-0.39, 0.29) is 0 Å². The highest BCUT2D eigenvalue weighted by Gasteiger charge is 2.65. The van der Waals surface area contributed by atoms with E-state index in [0.29, 0.717) is 11.0 Å². The van der Waals surface area contributed by atoms with Crippen LogP contribution in [0.5, 0.6) is 0 Å². The number of rotatable bonds is 3. The molecular weight excluding hydrogens is 208 g/mol. The maximum Gasteiger partial charge on any atom is 0.0949 e. The van der Waals surface area contributed by atoms with Crippen molar-refractivity contribution < 1.29 is 4.74 Å². The summed E-state index contributed by atoms with van der Waals surface area (Å²) in [7, 11) is 0. The van der Waals surface area contributed by atoms with E-state index in [1.165, 1.54) is 44.1 Å². The van der Waals surface area contributed by atoms with Gasteiger partial charge in [-0.3, -0.25) is 0 Å². The lowest BCUT2D eigenvalue weighted by Crippen LogP contribution is -2.35. The molecule has 0 aromatic heterocycles. The minimum Gasteiger partial charge on any atom is -0.369 e. The Morgan fingerprint density at radius 3 is 2.76 bits per heavy atom. The first-order valence-corrected chi connectivity index (χ1v) is 7.34. The van der Waals surface area contributed by atoms with E-state index in [2.05, 4.69) is 26.8 Å². The molecule has 2 saturated carbocycles. The van der Waals surface area contributed by atoms with Gasteiger partial charge in [-0.15, -0.1) is 0 Å². The van der Waals surface area contributed by atoms with E-state index in [9.17, 15) is 0 Å². The van der Waals surface area contributed by atoms with E-state index in [1.807, 2.05) is 0 Å². The van der Waals surface area contributed by atoms with Crippen molar-refractivity contribution in [3.8, 4) is 0 Å². The lowest BCUT2D eigenvalue weighted by atomic mass is 9.70. The Hall–Kier alpha value is -0.300. The van der Waals surface area contributed by atoms with E-state index < -0.39 is 0 Å². The third-order valence-corrected chi connectivity index (χ3v) is 5.56. The SMILES string of the molecule is CC(C)=CCC1CC1(C)C1CCCCC12CO2. The van der Waals surface area contributed by atoms with Crippen molar-refractivity contribution in [2.45, 2.75) is 64.9 Å². The summed E-state index contributed by atoms with van der Waals surface area (Å²) in [5.41, 5.74) is 2.41. The van der Waals surface area contributed by atoms with Gasteiger partial charge in [0.05, 0.1) is 12.2 Å². The molecule has 0 aromatic carbocycles. The first kappa shape index (κ1) is 11.8. The summed E-state index contributed by atoms with van der Waals surface area (Å²) in [6.07, 6.45) is 10.7. The Labute approximate surface area is 106 Å². The van der Waals surface area contributed by atoms with Crippen molar-refractivity contribution in [3.63, 3.8) is 0 Å². The maximum absolute atomic E-state index is 5.87. The summed E-state index contributed by atoms with van der Waals surface area (Å²) in [6, 6.07) is 0. The first-order chi connectivity index (χ1) is 8.07. The molecule has 4 atom stereocenters. The number of ether oxygens (including phenoxy) is 1. The molecule has 1 nitrogen and oxygen atoms in total. The summed E-state index contributed by atoms with van der Waals surface area (Å²) in [5.74, 6) is 1.79. The summed E-state index contributed by atoms with van der Waals surface area (Å²) in [5, 5.41) is 0. The summed E-state index contributed by atoms with van der Waals surface area (Å²) >= 11 is 0. The van der Waals surface area contributed by atoms with Crippen molar-refractivity contribution in [2.24, 2.45) is 17.3 Å². The van der Waals surface area contributed by atoms with E-state index in [1.54, 1.807) is 0 Å². The van der Waals surface area contributed by atoms with Gasteiger partial charge < -0.3 is 4.74 Å². The van der Waals surface area contributed by atoms with Crippen LogP contribution in [-0.4, -0.2) is 12.2 Å². The second-order valence-electron chi connectivity index (χ2n) is 7.08. The van der Waals surface area contributed by atoms with E-state index in [0.717, 1.165) is 18.4 Å². The summed E-state index contributed by atoms with van der Waals surface area (Å²) < 4.78 is 5.87. The fourth-order valence-corrected chi connectivity index (χ4v) is 4.21. The molecule has 0 bridgehead atoms. The van der Waals surface area contributed by atoms with Crippen molar-refractivity contribution in [2.75, 3.05) is 6.61 Å². The van der Waals surface area contributed by atoms with Gasteiger partial charge in [-0.05, 0) is 56.8 Å². The van der Waals surface area contributed by atoms with Gasteiger partial charge >= 0.3 is 0 Å². The lowest BCUT2D eigenvalue weighted by Gasteiger charge is -2.34. The van der Waals surface area contributed by atoms with E-state index >= 15 is 0 Å². The average molecular weight is 234 g/mol. The second kappa shape index (κ2) is 3.85. The van der Waals surface area contributed by atoms with Crippen LogP contribution in [0.2, 0.25) is 0 Å². The second-order valence-corrected chi connectivity index (χ2v) is 7.08. The van der Waals surface area contributed by atoms with Gasteiger partial charge in [-0.2, -0.15) is 0 Å². The molecule has 1 heterocycles. The summed E-state index contributed by atoms with van der Waals surface area (Å²) in [4.78, 5) is 0. The normalized spacial score (nSPS) is 47.9. The lowest BCUT2D eigenvalue weighted by molar-refractivity contribution is 0.0959. The fourth-order valence-electron chi connectivity index (χ4n) is 4.21. The van der Waals surface area contributed by atoms with Gasteiger partial charge in [0.15, 0.2) is 0 Å². The summed E-state index contributed by atoms with van der Waals surface area (Å²) in [6.45, 7) is 8.01. The molecule has 1 spiro atoms. The largest absolute Gasteiger partial charge is 0.369 e. The van der Waals surface area contributed by atoms with Crippen LogP contribution in [0.15, 0.2) is 11.6 Å². The molecule has 0 radical (unpaired) electrons. The minimum atomic E-state index is 0.340. The van der Waals surface area contributed by atoms with Crippen LogP contribution in [0, 0.1) is 17.3 Å². The Morgan fingerprint density at radius 1 is 1.35 bits per heavy atom. The predicted molar refractivity (Wildman–Crippen MR) is 70.9 cm³/mol. The highest BCUT2D eigenvalue weighted by Crippen LogP contribution is 2.67. The standard InChI is InChI=1S/C16H26O/c1-12(2)7-8-13-10-15(13,3)14-6-4-5-9-16(14)11-17-16/h7,13-14H,4-6,8-11H2,1-3H3. The Balaban J connectivity index is 1.66. The van der Waals surface area contributed by atoms with Gasteiger partial charge in [0.25, 0.3) is 0 Å². The zero-order valence-corrected chi connectivity index (χ0v) is 11.6. The van der Waals surface area contributed by atoms with Gasteiger partial charge in [0.1, 0.15) is 0 Å². The monoisotopic (exact) mass is 234 g/mol. The van der Waals surface area contributed by atoms with Crippen molar-refractivity contribution in [1.29, 1.82) is 0 Å². The zero-order valence-electron chi connectivity index (χ0n) is 11.6. The molecule has 4 unspecified atom stereocenters. The van der Waals surface area contributed by atoms with Crippen LogP contribution in [0.3, 0.4) is 0 Å². The van der Waals surface area contributed by atoms with Crippen LogP contribution in [-0.2, 0) is 4.74 Å². The predicted octanol–water partition coefficient (Wildman–Crippen LogP) is 4.33. The molecule has 96 valence electrons. The molecule has 3 aliphatic rings. The number of hydrogen-bond donors (Lipinski definition) is 0. The molecule has 0 amide bonds. The Morgan fingerprint density at radius 2 is 2.12 bits per heavy atom. The number of epoxide rings is 1. The van der Waals surface area contributed by atoms with Gasteiger partial charge in [0.2, 0.25) is 0 Å². The molecule has 17 heavy (non-hydrogen) atoms. The highest BCUT2D eigenvalue weighted by atomic mass is 16.6. The van der Waals surface area contributed by atoms with E-state index in [4.69, 9.17) is 4.74 Å². The number of allylic oxidation sites excluding steroid dienone is 2. The number of hydrogen-bond acceptors (Lipinski definition) is 1. The third-order valence-electron chi connectivity index (χ3n) is 5.56. The molecule has 2 aliphatic carbocycles. The first-order valence-electron chi connectivity index (χ1n) is 7.34. The maximum atomic E-state index is 5.87. The Bertz CT molecular complexity index is 335. The van der Waals surface area contributed by atoms with Gasteiger partial charge in [-0.1, -0.05) is 31.4 Å². The smallest absolute Gasteiger partial charge is 0.0949 e. The topological polar surface area (TPSA) is 12.5 Å². The molecule has 3 fully saturated rings. The molecule has 1 heteroatoms. The van der Waals surface area contributed by atoms with Gasteiger partial charge in [-0.25, -0.2) is 0 Å². The molecule has 1 saturated heterocycles. The average Bonchev–Trinajstić information content (AvgIpc) is 3.17. The van der Waals surface area contributed by atoms with Crippen LogP contribution in [0.4, 0.5) is 0 Å². The highest BCUT2D eigenvalue weighted by molar-refractivity contribution is 5.15. The zero-order chi connectivity index (χ0) is 12.1. The third kappa shape index (κ3) is 1.97. The van der Waals surface area contributed by atoms with Crippen molar-refractivity contribution in [1.82, 2.24) is 0 Å². The molecule has 0 N–H and O–H groups in total. The van der Waals surface area contributed by atoms with Crippen LogP contribution >= 0.6 is 0 Å². The molecule has 1 aliphatic heterocycles. The van der Waals surface area contributed by atoms with Crippen LogP contribution in [0.1, 0.15) is 59.3 Å². The molecular formula is C16H26O. The quantitative estimate of drug-likeness (QED) is 0.523. The van der Waals surface area contributed by atoms with Crippen molar-refractivity contribution >= 4 is 0 Å². The Kier molecular flexibility index (Phi) is 2.66. The van der Waals surface area contributed by atoms with Crippen LogP contribution in [0.25, 0.3) is 0 Å². The van der Waals surface area contributed by atoms with Crippen molar-refractivity contribution in [3.05, 3.63) is 11.6 Å².